The van der Waals surface area contributed by atoms with Gasteiger partial charge in [-0.25, -0.2) is 9.59 Å². The fourth-order valence-electron chi connectivity index (χ4n) is 2.78. The van der Waals surface area contributed by atoms with Crippen LogP contribution in [0.3, 0.4) is 0 Å². The van der Waals surface area contributed by atoms with Crippen LogP contribution in [-0.4, -0.2) is 22.2 Å². The third-order valence-corrected chi connectivity index (χ3v) is 4.83. The van der Waals surface area contributed by atoms with E-state index in [2.05, 4.69) is 6.92 Å². The van der Waals surface area contributed by atoms with Gasteiger partial charge < -0.3 is 14.9 Å². The molecule has 0 saturated carbocycles. The Kier molecular flexibility index (Phi) is 12.9. The number of hydrogen-bond acceptors (Lipinski definition) is 3. The van der Waals surface area contributed by atoms with E-state index in [4.69, 9.17) is 14.9 Å². The van der Waals surface area contributed by atoms with Gasteiger partial charge in [0.2, 0.25) is 0 Å². The van der Waals surface area contributed by atoms with Crippen LogP contribution >= 0.6 is 0 Å². The Morgan fingerprint density at radius 1 is 0.943 bits per heavy atom. The minimum atomic E-state index is -4.35. The molecular formula is C27H31F3O5. The molecule has 0 bridgehead atoms. The Bertz CT molecular complexity index is 975. The van der Waals surface area contributed by atoms with Crippen molar-refractivity contribution in [3.8, 4) is 5.75 Å². The van der Waals surface area contributed by atoms with Gasteiger partial charge in [0.25, 0.3) is 0 Å². The lowest BCUT2D eigenvalue weighted by atomic mass is 10.1. The van der Waals surface area contributed by atoms with Crippen LogP contribution in [0.1, 0.15) is 62.6 Å². The number of alkyl halides is 3. The molecule has 2 aromatic rings. The summed E-state index contributed by atoms with van der Waals surface area (Å²) in [5.41, 5.74) is 1.09. The summed E-state index contributed by atoms with van der Waals surface area (Å²) in [7, 11) is 0. The summed E-state index contributed by atoms with van der Waals surface area (Å²) < 4.78 is 42.8. The first kappa shape index (κ1) is 29.5. The molecule has 0 atom stereocenters. The van der Waals surface area contributed by atoms with E-state index in [1.807, 2.05) is 0 Å². The molecule has 0 radical (unpaired) electrons. The number of unbranched alkanes of at least 4 members (excludes halogenated alkanes) is 4. The highest BCUT2D eigenvalue weighted by atomic mass is 19.4. The van der Waals surface area contributed by atoms with Crippen molar-refractivity contribution in [2.45, 2.75) is 58.7 Å². The van der Waals surface area contributed by atoms with E-state index < -0.39 is 23.7 Å². The number of carboxylic acid groups (broad SMARTS) is 2. The van der Waals surface area contributed by atoms with Gasteiger partial charge >= 0.3 is 18.1 Å². The normalized spacial score (nSPS) is 11.6. The number of allylic oxidation sites excluding steroid dienone is 1. The largest absolute Gasteiger partial charge is 0.489 e. The summed E-state index contributed by atoms with van der Waals surface area (Å²) in [5.74, 6) is -1.30. The predicted molar refractivity (Wildman–Crippen MR) is 129 cm³/mol. The first-order valence-electron chi connectivity index (χ1n) is 11.2. The highest BCUT2D eigenvalue weighted by Gasteiger charge is 2.29. The molecule has 2 rings (SSSR count). The summed E-state index contributed by atoms with van der Waals surface area (Å²) in [6.07, 6.45) is 5.62. The summed E-state index contributed by atoms with van der Waals surface area (Å²) in [5, 5.41) is 17.0. The zero-order valence-electron chi connectivity index (χ0n) is 19.8. The molecule has 0 spiro atoms. The minimum absolute atomic E-state index is 0.141. The fourth-order valence-corrected chi connectivity index (χ4v) is 2.78. The number of ether oxygens (including phenoxy) is 1. The van der Waals surface area contributed by atoms with Crippen LogP contribution in [0.4, 0.5) is 13.2 Å². The molecule has 0 aliphatic rings. The van der Waals surface area contributed by atoms with Crippen LogP contribution < -0.4 is 4.74 Å². The van der Waals surface area contributed by atoms with Crippen molar-refractivity contribution in [1.82, 2.24) is 0 Å². The van der Waals surface area contributed by atoms with E-state index >= 15 is 0 Å². The number of benzene rings is 2. The lowest BCUT2D eigenvalue weighted by Gasteiger charge is -2.09. The van der Waals surface area contributed by atoms with Gasteiger partial charge in [-0.3, -0.25) is 0 Å². The zero-order chi connectivity index (χ0) is 26.3. The van der Waals surface area contributed by atoms with Crippen molar-refractivity contribution in [1.29, 1.82) is 0 Å². The third-order valence-electron chi connectivity index (χ3n) is 4.83. The first-order chi connectivity index (χ1) is 16.5. The molecule has 0 amide bonds. The maximum atomic E-state index is 12.4. The molecule has 0 aromatic heterocycles. The fraction of sp³-hybridized carbons (Fsp3) is 0.333. The van der Waals surface area contributed by atoms with E-state index in [0.29, 0.717) is 22.4 Å². The molecule has 0 aliphatic heterocycles. The molecule has 0 unspecified atom stereocenters. The Morgan fingerprint density at radius 3 is 2.09 bits per heavy atom. The maximum Gasteiger partial charge on any atom is 0.416 e. The number of halogens is 3. The molecule has 35 heavy (non-hydrogen) atoms. The van der Waals surface area contributed by atoms with Gasteiger partial charge in [0.15, 0.2) is 0 Å². The molecule has 190 valence electrons. The lowest BCUT2D eigenvalue weighted by molar-refractivity contribution is -0.137. The molecule has 0 heterocycles. The van der Waals surface area contributed by atoms with Crippen molar-refractivity contribution < 1.29 is 37.7 Å². The number of rotatable bonds is 11. The van der Waals surface area contributed by atoms with Gasteiger partial charge in [-0.1, -0.05) is 56.5 Å². The molecule has 2 N–H and O–H groups in total. The van der Waals surface area contributed by atoms with Crippen molar-refractivity contribution in [3.63, 3.8) is 0 Å². The zero-order valence-corrected chi connectivity index (χ0v) is 19.8. The second kappa shape index (κ2) is 15.4. The highest BCUT2D eigenvalue weighted by molar-refractivity contribution is 5.85. The number of aliphatic carboxylic acids is 2. The molecule has 0 fully saturated rings. The molecule has 8 heteroatoms. The van der Waals surface area contributed by atoms with E-state index in [-0.39, 0.29) is 6.61 Å². The van der Waals surface area contributed by atoms with Crippen LogP contribution in [0.25, 0.3) is 6.08 Å². The Morgan fingerprint density at radius 2 is 1.57 bits per heavy atom. The van der Waals surface area contributed by atoms with Gasteiger partial charge in [-0.2, -0.15) is 13.2 Å². The number of carboxylic acids is 2. The van der Waals surface area contributed by atoms with E-state index in [1.165, 1.54) is 37.5 Å². The van der Waals surface area contributed by atoms with Gasteiger partial charge in [-0.05, 0) is 61.2 Å². The second-order valence-corrected chi connectivity index (χ2v) is 7.77. The maximum absolute atomic E-state index is 12.4. The summed E-state index contributed by atoms with van der Waals surface area (Å²) in [4.78, 5) is 20.8. The smallest absolute Gasteiger partial charge is 0.416 e. The van der Waals surface area contributed by atoms with Crippen LogP contribution in [0, 0.1) is 0 Å². The Hall–Kier alpha value is -3.55. The molecular weight excluding hydrogens is 461 g/mol. The SMILES string of the molecule is CCCCCCC=C(C)C(=O)O.O=C(O)C=Cc1ccc(OCc2ccc(C(F)(F)F)cc2)cc1. The third kappa shape index (κ3) is 13.1. The van der Waals surface area contributed by atoms with E-state index in [0.717, 1.165) is 31.1 Å². The standard InChI is InChI=1S/C17H13F3O3.C10H18O2/c18-17(19,20)14-6-1-13(2-7-14)11-23-15-8-3-12(4-9-15)5-10-16(21)22;1-3-4-5-6-7-8-9(2)10(11)12/h1-10H,11H2,(H,21,22);8H,3-7H2,1-2H3,(H,11,12). The molecule has 0 saturated heterocycles. The number of carbonyl (C=O) groups is 2. The average Bonchev–Trinajstić information content (AvgIpc) is 2.82. The Balaban J connectivity index is 0.000000434. The molecule has 0 aliphatic carbocycles. The predicted octanol–water partition coefficient (Wildman–Crippen LogP) is 7.37. The number of hydrogen-bond donors (Lipinski definition) is 2. The van der Waals surface area contributed by atoms with Gasteiger partial charge in [-0.15, -0.1) is 0 Å². The summed E-state index contributed by atoms with van der Waals surface area (Å²) >= 11 is 0. The van der Waals surface area contributed by atoms with Crippen molar-refractivity contribution in [3.05, 3.63) is 82.9 Å². The van der Waals surface area contributed by atoms with Crippen molar-refractivity contribution in [2.24, 2.45) is 0 Å². The molecule has 2 aromatic carbocycles. The summed E-state index contributed by atoms with van der Waals surface area (Å²) in [6.45, 7) is 3.95. The second-order valence-electron chi connectivity index (χ2n) is 7.77. The monoisotopic (exact) mass is 492 g/mol. The van der Waals surface area contributed by atoms with Crippen LogP contribution in [0.2, 0.25) is 0 Å². The lowest BCUT2D eigenvalue weighted by Crippen LogP contribution is -2.05. The highest BCUT2D eigenvalue weighted by Crippen LogP contribution is 2.29. The van der Waals surface area contributed by atoms with Crippen LogP contribution in [0.5, 0.6) is 5.75 Å². The molecule has 5 nitrogen and oxygen atoms in total. The summed E-state index contributed by atoms with van der Waals surface area (Å²) in [6, 6.07) is 11.4. The average molecular weight is 493 g/mol. The van der Waals surface area contributed by atoms with E-state index in [9.17, 15) is 22.8 Å². The van der Waals surface area contributed by atoms with Crippen molar-refractivity contribution in [2.75, 3.05) is 0 Å². The van der Waals surface area contributed by atoms with E-state index in [1.54, 1.807) is 37.3 Å². The van der Waals surface area contributed by atoms with Gasteiger partial charge in [0.1, 0.15) is 12.4 Å². The van der Waals surface area contributed by atoms with Crippen LogP contribution in [-0.2, 0) is 22.4 Å². The van der Waals surface area contributed by atoms with Gasteiger partial charge in [0, 0.05) is 11.6 Å². The van der Waals surface area contributed by atoms with Crippen molar-refractivity contribution >= 4 is 18.0 Å². The van der Waals surface area contributed by atoms with Gasteiger partial charge in [0.05, 0.1) is 5.56 Å². The minimum Gasteiger partial charge on any atom is -0.489 e. The topological polar surface area (TPSA) is 83.8 Å². The first-order valence-corrected chi connectivity index (χ1v) is 11.2. The Labute approximate surface area is 203 Å². The van der Waals surface area contributed by atoms with Crippen LogP contribution in [0.15, 0.2) is 66.3 Å². The quantitative estimate of drug-likeness (QED) is 0.253.